The Morgan fingerprint density at radius 2 is 1.25 bits per heavy atom. The van der Waals surface area contributed by atoms with Crippen LogP contribution in [0.3, 0.4) is 0 Å². The summed E-state index contributed by atoms with van der Waals surface area (Å²) >= 11 is 0.300. The van der Waals surface area contributed by atoms with Crippen molar-refractivity contribution in [3.05, 3.63) is 0 Å². The van der Waals surface area contributed by atoms with E-state index in [9.17, 15) is 0 Å². The van der Waals surface area contributed by atoms with Crippen LogP contribution >= 0.6 is 0 Å². The summed E-state index contributed by atoms with van der Waals surface area (Å²) in [4.78, 5) is 0. The molecule has 0 aliphatic carbocycles. The maximum absolute atomic E-state index is 8.34. The Labute approximate surface area is 41.5 Å². The van der Waals surface area contributed by atoms with Crippen molar-refractivity contribution >= 4 is 0 Å². The minimum atomic E-state index is 0. The molecule has 0 saturated carbocycles. The van der Waals surface area contributed by atoms with E-state index in [1.807, 2.05) is 0 Å². The van der Waals surface area contributed by atoms with Gasteiger partial charge in [0.25, 0.3) is 0 Å². The first-order valence-electron chi connectivity index (χ1n) is 0.204. The second-order valence-electron chi connectivity index (χ2n) is 0. The average Bonchev–Trinajstić information content (AvgIpc) is 1.00. The molecule has 0 aromatic heterocycles. The van der Waals surface area contributed by atoms with Crippen LogP contribution in [-0.4, -0.2) is 0 Å². The van der Waals surface area contributed by atoms with Crippen LogP contribution in [-0.2, 0) is 27.5 Å². The molecule has 3 N–H and O–H groups in total. The van der Waals surface area contributed by atoms with Gasteiger partial charge >= 0.3 is 27.5 Å². The summed E-state index contributed by atoms with van der Waals surface area (Å²) < 4.78 is 8.34. The number of hydrogen-bond acceptors (Lipinski definition) is 2. The molecule has 0 unspecified atom stereocenters. The molecular weight excluding hydrogens is 133 g/mol. The van der Waals surface area contributed by atoms with Gasteiger partial charge in [0, 0.05) is 0 Å². The van der Waals surface area contributed by atoms with E-state index in [0.29, 0.717) is 24.7 Å². The number of rotatable bonds is 0. The van der Waals surface area contributed by atoms with Gasteiger partial charge in [-0.05, 0) is 0 Å². The van der Waals surface area contributed by atoms with E-state index >= 15 is 0 Å². The van der Waals surface area contributed by atoms with Gasteiger partial charge in [0.15, 0.2) is 0 Å². The summed E-state index contributed by atoms with van der Waals surface area (Å²) in [6, 6.07) is 0. The molecule has 0 saturated heterocycles. The summed E-state index contributed by atoms with van der Waals surface area (Å²) in [5, 5.41) is 0. The van der Waals surface area contributed by atoms with Gasteiger partial charge in [0.2, 0.25) is 0 Å². The van der Waals surface area contributed by atoms with E-state index in [0.717, 1.165) is 0 Å². The molecule has 2 nitrogen and oxygen atoms in total. The van der Waals surface area contributed by atoms with Crippen molar-refractivity contribution in [3.63, 3.8) is 0 Å². The van der Waals surface area contributed by atoms with Gasteiger partial charge in [0.05, 0.1) is 0 Å². The second kappa shape index (κ2) is 61.5. The summed E-state index contributed by atoms with van der Waals surface area (Å²) in [5.74, 6) is 0. The van der Waals surface area contributed by atoms with Crippen molar-refractivity contribution in [1.29, 1.82) is 0 Å². The fourth-order valence-corrected chi connectivity index (χ4v) is 0. The zero-order valence-corrected chi connectivity index (χ0v) is 4.07. The van der Waals surface area contributed by atoms with Crippen LogP contribution in [0.25, 0.3) is 0 Å². The SMILES string of the molecule is C.N.[O]=[Zr]. The Kier molecular flexibility index (Phi) is 351. The maximum atomic E-state index is 8.34. The quantitative estimate of drug-likeness (QED) is 0.538. The van der Waals surface area contributed by atoms with Gasteiger partial charge in [-0.3, -0.25) is 0 Å². The Hall–Kier alpha value is 0.643. The van der Waals surface area contributed by atoms with Gasteiger partial charge in [-0.2, -0.15) is 0 Å². The van der Waals surface area contributed by atoms with Crippen LogP contribution in [0.5, 0.6) is 0 Å². The summed E-state index contributed by atoms with van der Waals surface area (Å²) in [6.45, 7) is 0. The van der Waals surface area contributed by atoms with E-state index in [4.69, 9.17) is 2.81 Å². The summed E-state index contributed by atoms with van der Waals surface area (Å²) in [6.07, 6.45) is 0. The molecule has 0 heterocycles. The van der Waals surface area contributed by atoms with Crippen LogP contribution in [0.15, 0.2) is 0 Å². The van der Waals surface area contributed by atoms with Gasteiger partial charge < -0.3 is 6.15 Å². The van der Waals surface area contributed by atoms with Crippen molar-refractivity contribution in [1.82, 2.24) is 6.15 Å². The molecule has 3 heteroatoms. The first kappa shape index (κ1) is 22.8. The third-order valence-corrected chi connectivity index (χ3v) is 0. The van der Waals surface area contributed by atoms with E-state index in [1.54, 1.807) is 0 Å². The van der Waals surface area contributed by atoms with Crippen molar-refractivity contribution in [2.45, 2.75) is 7.43 Å². The van der Waals surface area contributed by atoms with Crippen LogP contribution in [0, 0.1) is 0 Å². The first-order valence-corrected chi connectivity index (χ1v) is 1.21. The van der Waals surface area contributed by atoms with Crippen LogP contribution in [0.1, 0.15) is 7.43 Å². The Bertz CT molecular complexity index is 8.00. The van der Waals surface area contributed by atoms with Crippen LogP contribution in [0.2, 0.25) is 0 Å². The molecule has 26 valence electrons. The summed E-state index contributed by atoms with van der Waals surface area (Å²) in [7, 11) is 0. The molecule has 0 amide bonds. The molecule has 0 aliphatic rings. The normalized spacial score (nSPS) is 0.750. The molecule has 0 aromatic rings. The van der Waals surface area contributed by atoms with Crippen molar-refractivity contribution < 1.29 is 27.5 Å². The summed E-state index contributed by atoms with van der Waals surface area (Å²) in [5.41, 5.74) is 0. The topological polar surface area (TPSA) is 52.1 Å². The molecule has 0 rings (SSSR count). The second-order valence-corrected chi connectivity index (χ2v) is 0. The molecule has 4 heavy (non-hydrogen) atoms. The molecular formula is CH7NOZr. The van der Waals surface area contributed by atoms with E-state index in [1.165, 1.54) is 0 Å². The monoisotopic (exact) mass is 139 g/mol. The predicted octanol–water partition coefficient (Wildman–Crippen LogP) is 0.677. The van der Waals surface area contributed by atoms with Gasteiger partial charge in [-0.1, -0.05) is 7.43 Å². The first-order chi connectivity index (χ1) is 1.00. The Morgan fingerprint density at radius 3 is 1.25 bits per heavy atom. The molecule has 0 spiro atoms. The van der Waals surface area contributed by atoms with E-state index in [-0.39, 0.29) is 13.6 Å². The van der Waals surface area contributed by atoms with Gasteiger partial charge in [0.1, 0.15) is 0 Å². The Morgan fingerprint density at radius 1 is 1.25 bits per heavy atom. The third kappa shape index (κ3) is 17.3. The van der Waals surface area contributed by atoms with E-state index < -0.39 is 0 Å². The minimum absolute atomic E-state index is 0. The average molecular weight is 140 g/mol. The van der Waals surface area contributed by atoms with Crippen LogP contribution in [0.4, 0.5) is 0 Å². The zero-order valence-electron chi connectivity index (χ0n) is 1.62. The standard InChI is InChI=1S/CH4.H3N.O.Zr/h1H4;1H3;;. The van der Waals surface area contributed by atoms with Crippen molar-refractivity contribution in [2.24, 2.45) is 0 Å². The van der Waals surface area contributed by atoms with E-state index in [2.05, 4.69) is 0 Å². The van der Waals surface area contributed by atoms with Gasteiger partial charge in [-0.25, -0.2) is 0 Å². The number of hydrogen-bond donors (Lipinski definition) is 1. The molecule has 0 radical (unpaired) electrons. The molecule has 0 fully saturated rings. The molecule has 0 bridgehead atoms. The van der Waals surface area contributed by atoms with Crippen molar-refractivity contribution in [2.75, 3.05) is 0 Å². The van der Waals surface area contributed by atoms with Crippen molar-refractivity contribution in [3.8, 4) is 0 Å². The predicted molar refractivity (Wildman–Crippen MR) is 12.4 cm³/mol. The van der Waals surface area contributed by atoms with Crippen LogP contribution < -0.4 is 6.15 Å². The molecule has 0 aliphatic heterocycles. The Balaban J connectivity index is -0.00000000500. The van der Waals surface area contributed by atoms with Gasteiger partial charge in [-0.15, -0.1) is 0 Å². The fourth-order valence-electron chi connectivity index (χ4n) is 0. The molecule has 0 aromatic carbocycles. The molecule has 0 atom stereocenters. The fraction of sp³-hybridized carbons (Fsp3) is 1.00. The zero-order chi connectivity index (χ0) is 2.00. The third-order valence-electron chi connectivity index (χ3n) is 0.